The molecule has 0 aliphatic carbocycles. The second kappa shape index (κ2) is 28.2. The van der Waals surface area contributed by atoms with Gasteiger partial charge in [0.15, 0.2) is 0 Å². The molecule has 0 heterocycles. The number of unbranched alkanes of at least 4 members (excludes halogenated alkanes) is 6. The van der Waals surface area contributed by atoms with Gasteiger partial charge in [-0.05, 0) is 47.5 Å². The van der Waals surface area contributed by atoms with Crippen LogP contribution in [-0.4, -0.2) is 14.9 Å². The Morgan fingerprint density at radius 1 is 0.775 bits per heavy atom. The Labute approximate surface area is 255 Å². The van der Waals surface area contributed by atoms with Gasteiger partial charge in [0.1, 0.15) is 0 Å². The Bertz CT molecular complexity index is 943. The van der Waals surface area contributed by atoms with E-state index in [1.807, 2.05) is 0 Å². The summed E-state index contributed by atoms with van der Waals surface area (Å²) in [7, 11) is -2.46. The number of rotatable bonds is 13. The van der Waals surface area contributed by atoms with Gasteiger partial charge in [-0.15, -0.1) is 5.92 Å². The average molecular weight is 597 g/mol. The second-order valence-electron chi connectivity index (χ2n) is 9.23. The Kier molecular flexibility index (Phi) is 29.7. The molecule has 0 N–H and O–H groups in total. The fourth-order valence-corrected chi connectivity index (χ4v) is 8.53. The molecule has 0 aliphatic heterocycles. The minimum absolute atomic E-state index is 0. The van der Waals surface area contributed by atoms with Crippen molar-refractivity contribution in [3.8, 4) is 11.8 Å². The van der Waals surface area contributed by atoms with Crippen molar-refractivity contribution >= 4 is 18.7 Å². The molecule has 0 spiro atoms. The normalized spacial score (nSPS) is 10.1. The molecule has 40 heavy (non-hydrogen) atoms. The molecule has 0 atom stereocenters. The van der Waals surface area contributed by atoms with E-state index >= 15 is 0 Å². The van der Waals surface area contributed by atoms with Gasteiger partial charge in [-0.2, -0.15) is 0 Å². The molecule has 0 saturated carbocycles. The van der Waals surface area contributed by atoms with Crippen LogP contribution in [0.15, 0.2) is 72.8 Å². The molecule has 0 aromatic heterocycles. The van der Waals surface area contributed by atoms with Gasteiger partial charge in [0.2, 0.25) is 0 Å². The van der Waals surface area contributed by atoms with Crippen LogP contribution in [0.5, 0.6) is 0 Å². The molecule has 0 saturated heterocycles. The van der Waals surface area contributed by atoms with Gasteiger partial charge in [-0.1, -0.05) is 119 Å². The number of hydrogen-bond donors (Lipinski definition) is 0. The fraction of sp³-hybridized carbons (Fsp3) is 0.324. The van der Waals surface area contributed by atoms with E-state index < -0.39 is 8.32 Å². The predicted octanol–water partition coefficient (Wildman–Crippen LogP) is 6.80. The summed E-state index contributed by atoms with van der Waals surface area (Å²) in [6, 6.07) is 21.5. The van der Waals surface area contributed by atoms with E-state index in [9.17, 15) is 0 Å². The van der Waals surface area contributed by atoms with Gasteiger partial charge >= 0.3 is 33.9 Å². The zero-order valence-electron chi connectivity index (χ0n) is 24.0. The topological polar surface area (TPSA) is 68.9 Å². The Morgan fingerprint density at radius 3 is 1.77 bits per heavy atom. The standard InChI is InChI=1S/C31H40OSi.3CO.Fe/c1-5-6-7-8-9-10-11-12-13-14-15-16-23-28-32-33(31(2,3)4,29-24-19-17-20-25-29)30-26-21-18-22-27-30;3*1-2;/h12-27H,5-8,11,28H2,1-4H3;;;;/b13-12-;;;;. The zero-order chi connectivity index (χ0) is 29.8. The quantitative estimate of drug-likeness (QED) is 0.0825. The largest absolute Gasteiger partial charge is 0 e. The summed E-state index contributed by atoms with van der Waals surface area (Å²) in [6.45, 7) is 23.2. The first-order valence-electron chi connectivity index (χ1n) is 12.8. The zero-order valence-corrected chi connectivity index (χ0v) is 26.1. The third-order valence-electron chi connectivity index (χ3n) is 5.67. The van der Waals surface area contributed by atoms with Crippen molar-refractivity contribution in [2.45, 2.75) is 64.8 Å². The molecular weight excluding hydrogens is 556 g/mol. The molecule has 0 fully saturated rings. The van der Waals surface area contributed by atoms with Crippen LogP contribution in [0.4, 0.5) is 0 Å². The monoisotopic (exact) mass is 596 g/mol. The summed E-state index contributed by atoms with van der Waals surface area (Å²) in [5, 5.41) is 2.62. The SMILES string of the molecule is CCCCCC#CC/C=C\[CH][CH][CH][CH]CO[Si](c1ccccc1)(c1ccccc1)C(C)(C)C.[C-]#[O+].[C-]#[O+].[C-]#[O+].[Fe]. The fourth-order valence-electron chi connectivity index (χ4n) is 4.03. The van der Waals surface area contributed by atoms with Crippen LogP contribution in [0.1, 0.15) is 59.8 Å². The van der Waals surface area contributed by atoms with Crippen LogP contribution in [-0.2, 0) is 35.5 Å². The molecule has 0 bridgehead atoms. The molecule has 6 heteroatoms. The molecule has 0 amide bonds. The van der Waals surface area contributed by atoms with Crippen molar-refractivity contribution in [1.82, 2.24) is 0 Å². The summed E-state index contributed by atoms with van der Waals surface area (Å²) >= 11 is 0. The van der Waals surface area contributed by atoms with Crippen molar-refractivity contribution in [2.24, 2.45) is 0 Å². The van der Waals surface area contributed by atoms with Crippen LogP contribution in [0.3, 0.4) is 0 Å². The summed E-state index contributed by atoms with van der Waals surface area (Å²) in [6.07, 6.45) is 18.0. The molecule has 0 unspecified atom stereocenters. The Morgan fingerprint density at radius 2 is 1.30 bits per heavy atom. The van der Waals surface area contributed by atoms with Crippen LogP contribution >= 0.6 is 0 Å². The number of allylic oxidation sites excluding steroid dienone is 2. The van der Waals surface area contributed by atoms with Crippen LogP contribution in [0.2, 0.25) is 5.04 Å². The minimum atomic E-state index is -2.46. The Balaban J connectivity index is -0.00000183. The smallest absolute Gasteiger partial charge is 0 e. The molecule has 4 nitrogen and oxygen atoms in total. The van der Waals surface area contributed by atoms with E-state index in [4.69, 9.17) is 18.4 Å². The van der Waals surface area contributed by atoms with Crippen LogP contribution in [0.25, 0.3) is 0 Å². The summed E-state index contributed by atoms with van der Waals surface area (Å²) in [5.74, 6) is 6.45. The van der Waals surface area contributed by atoms with Crippen molar-refractivity contribution in [1.29, 1.82) is 0 Å². The van der Waals surface area contributed by atoms with E-state index in [0.717, 1.165) is 12.8 Å². The number of benzene rings is 2. The molecule has 4 radical (unpaired) electrons. The maximum Gasteiger partial charge on any atom is 0 e. The van der Waals surface area contributed by atoms with Crippen molar-refractivity contribution in [2.75, 3.05) is 6.61 Å². The second-order valence-corrected chi connectivity index (χ2v) is 13.5. The number of hydrogen-bond acceptors (Lipinski definition) is 1. The van der Waals surface area contributed by atoms with E-state index in [1.165, 1.54) is 29.6 Å². The van der Waals surface area contributed by atoms with E-state index in [1.54, 1.807) is 0 Å². The first-order chi connectivity index (χ1) is 19.0. The summed E-state index contributed by atoms with van der Waals surface area (Å²) in [4.78, 5) is 0. The van der Waals surface area contributed by atoms with Crippen molar-refractivity contribution in [3.05, 3.63) is 118 Å². The molecular formula is C34H40FeO4Si. The maximum absolute atomic E-state index is 7.50. The summed E-state index contributed by atoms with van der Waals surface area (Å²) < 4.78 is 29.3. The molecule has 2 rings (SSSR count). The minimum Gasteiger partial charge on any atom is 0 e. The first-order valence-corrected chi connectivity index (χ1v) is 14.7. The summed E-state index contributed by atoms with van der Waals surface area (Å²) in [5.41, 5.74) is 0. The average Bonchev–Trinajstić information content (AvgIpc) is 2.98. The van der Waals surface area contributed by atoms with Gasteiger partial charge in [0, 0.05) is 36.5 Å². The van der Waals surface area contributed by atoms with E-state index in [2.05, 4.69) is 158 Å². The van der Waals surface area contributed by atoms with Crippen molar-refractivity contribution in [3.63, 3.8) is 0 Å². The van der Waals surface area contributed by atoms with Crippen LogP contribution in [0, 0.1) is 57.5 Å². The van der Waals surface area contributed by atoms with E-state index in [0.29, 0.717) is 6.61 Å². The van der Waals surface area contributed by atoms with Gasteiger partial charge in [0.05, 0.1) is 0 Å². The third kappa shape index (κ3) is 16.0. The van der Waals surface area contributed by atoms with Gasteiger partial charge in [-0.3, -0.25) is 0 Å². The Hall–Kier alpha value is -2.34. The third-order valence-corrected chi connectivity index (χ3v) is 10.7. The van der Waals surface area contributed by atoms with Gasteiger partial charge in [0.25, 0.3) is 8.32 Å². The molecule has 212 valence electrons. The maximum atomic E-state index is 7.50. The van der Waals surface area contributed by atoms with E-state index in [-0.39, 0.29) is 22.1 Å². The first kappa shape index (κ1) is 42.1. The molecule has 2 aromatic rings. The van der Waals surface area contributed by atoms with Crippen molar-refractivity contribution < 1.29 is 35.5 Å². The molecule has 2 aromatic carbocycles. The van der Waals surface area contributed by atoms with Crippen LogP contribution < -0.4 is 10.4 Å². The van der Waals surface area contributed by atoms with Gasteiger partial charge < -0.3 is 4.43 Å². The van der Waals surface area contributed by atoms with Gasteiger partial charge in [-0.25, -0.2) is 0 Å². The predicted molar refractivity (Wildman–Crippen MR) is 158 cm³/mol. The molecule has 0 aliphatic rings.